The fourth-order valence-electron chi connectivity index (χ4n) is 0. The van der Waals surface area contributed by atoms with Crippen molar-refractivity contribution in [2.24, 2.45) is 0 Å². The second-order valence-corrected chi connectivity index (χ2v) is 1.03. The molecule has 11 nitrogen and oxygen atoms in total. The van der Waals surface area contributed by atoms with Gasteiger partial charge in [-0.05, 0) is 0 Å². The quantitative estimate of drug-likeness (QED) is 0.155. The summed E-state index contributed by atoms with van der Waals surface area (Å²) in [4.78, 5) is 0. The Kier molecular flexibility index (Phi) is 21400. The molecule has 0 bridgehead atoms. The fraction of sp³-hybridized carbons (Fsp3) is 0. The van der Waals surface area contributed by atoms with E-state index in [0.29, 0.717) is 0 Å². The molecule has 136 valence electrons. The van der Waals surface area contributed by atoms with Gasteiger partial charge in [-0.25, -0.2) is 0 Å². The van der Waals surface area contributed by atoms with Crippen LogP contribution in [0.3, 0.4) is 0 Å². The average Bonchev–Trinajstić information content (AvgIpc) is 0.811. The summed E-state index contributed by atoms with van der Waals surface area (Å²) in [6.07, 6.45) is 0. The van der Waals surface area contributed by atoms with Gasteiger partial charge in [0, 0.05) is 0 Å². The molecule has 0 amide bonds. The molecule has 0 heterocycles. The normalized spacial score (nSPS) is 1.44. The van der Waals surface area contributed by atoms with Crippen LogP contribution in [-0.2, 0) is 21.9 Å². The first-order chi connectivity index (χ1) is 1.73. The molecule has 0 aromatic carbocycles. The predicted molar refractivity (Wildman–Crippen MR) is 48.6 cm³/mol. The van der Waals surface area contributed by atoms with Crippen LogP contribution in [0.1, 0.15) is 0 Å². The maximum atomic E-state index is 8.58. The van der Waals surface area contributed by atoms with Crippen LogP contribution < -0.4 is 84.8 Å². The molecule has 0 aliphatic heterocycles. The molecule has 0 saturated heterocycles. The van der Waals surface area contributed by atoms with Gasteiger partial charge in [-0.3, -0.25) is 0 Å². The van der Waals surface area contributed by atoms with E-state index in [1.165, 1.54) is 0 Å². The van der Waals surface area contributed by atoms with Crippen LogP contribution in [0.25, 0.3) is 0 Å². The Morgan fingerprint density at radius 3 is 0.444 bits per heavy atom. The fourth-order valence-corrected chi connectivity index (χ4v) is 0. The first kappa shape index (κ1) is 679. The minimum absolute atomic E-state index is 0. The van der Waals surface area contributed by atoms with Crippen molar-refractivity contribution < 1.29 is 57.5 Å². The molecule has 0 aliphatic carbocycles. The molecule has 0 saturated carbocycles. The zero-order valence-corrected chi connectivity index (χ0v) is 13.6. The van der Waals surface area contributed by atoms with Crippen molar-refractivity contribution in [1.29, 1.82) is 0 Å². The third-order valence-electron chi connectivity index (χ3n) is 0. The van der Waals surface area contributed by atoms with Crippen molar-refractivity contribution in [3.8, 4) is 0 Å². The summed E-state index contributed by atoms with van der Waals surface area (Å²) in [5, 5.41) is 0. The summed E-state index contributed by atoms with van der Waals surface area (Å²) in [7, 11) is 0. The molecule has 0 spiro atoms. The van der Waals surface area contributed by atoms with Gasteiger partial charge in [0.25, 0.3) is 0 Å². The molecule has 0 radical (unpaired) electrons. The summed E-state index contributed by atoms with van der Waals surface area (Å²) >= 11 is -4.08. The summed E-state index contributed by atoms with van der Waals surface area (Å²) in [6.45, 7) is 0. The molecule has 18 heavy (non-hydrogen) atoms. The summed E-state index contributed by atoms with van der Waals surface area (Å²) < 4.78 is 25.8. The van der Waals surface area contributed by atoms with E-state index in [4.69, 9.17) is 10.7 Å². The van der Waals surface area contributed by atoms with Crippen LogP contribution in [0.15, 0.2) is 0 Å². The van der Waals surface area contributed by atoms with Gasteiger partial charge in [-0.2, -0.15) is 0 Å². The van der Waals surface area contributed by atoms with Gasteiger partial charge in [0.1, 0.15) is 0 Å². The van der Waals surface area contributed by atoms with Crippen LogP contribution in [0.2, 0.25) is 0 Å². The summed E-state index contributed by atoms with van der Waals surface area (Å²) in [6, 6.07) is 0. The Morgan fingerprint density at radius 1 is 0.444 bits per heavy atom. The van der Waals surface area contributed by atoms with Gasteiger partial charge in [-0.15, -0.1) is 0 Å². The van der Waals surface area contributed by atoms with E-state index in [0.717, 1.165) is 0 Å². The van der Waals surface area contributed by atoms with Crippen molar-refractivity contribution in [2.75, 3.05) is 0 Å². The van der Waals surface area contributed by atoms with Gasteiger partial charge in [0.2, 0.25) is 0 Å². The Balaban J connectivity index is -0.000000000495. The summed E-state index contributed by atoms with van der Waals surface area (Å²) in [5.41, 5.74) is 0. The van der Waals surface area contributed by atoms with Gasteiger partial charge in [-0.1, -0.05) is 0 Å². The SMILES string of the molecule is [F-].[F-].[F-].[F-].[F-].[F-].[NH4+].[NH4+].[NH4+].[NH4+].[NH4+].[NH4+].[NH4+].[NH4+].[O]=[Ti]([O-])[O-]. The molecule has 18 heteroatoms. The minimum atomic E-state index is -4.08. The van der Waals surface area contributed by atoms with Gasteiger partial charge < -0.3 is 77.4 Å². The van der Waals surface area contributed by atoms with Crippen molar-refractivity contribution in [1.82, 2.24) is 49.2 Å². The van der Waals surface area contributed by atoms with E-state index in [-0.39, 0.29) is 77.4 Å². The van der Waals surface area contributed by atoms with Crippen molar-refractivity contribution in [3.05, 3.63) is 0 Å². The van der Waals surface area contributed by atoms with Crippen LogP contribution in [0.4, 0.5) is 0 Å². The molecule has 0 aliphatic rings. The molecule has 0 unspecified atom stereocenters. The third kappa shape index (κ3) is 36300. The Labute approximate surface area is 107 Å². The second kappa shape index (κ2) is 566. The molecule has 0 fully saturated rings. The average molecular weight is 354 g/mol. The van der Waals surface area contributed by atoms with E-state index in [9.17, 15) is 0 Å². The number of rotatable bonds is 0. The zero-order chi connectivity index (χ0) is 3.58. The van der Waals surface area contributed by atoms with E-state index in [2.05, 4.69) is 0 Å². The van der Waals surface area contributed by atoms with Crippen LogP contribution in [-0.4, -0.2) is 0 Å². The van der Waals surface area contributed by atoms with Crippen molar-refractivity contribution in [3.63, 3.8) is 0 Å². The molecular formula is H32F6N8O3Ti. The number of hydrogen-bond donors (Lipinski definition) is 8. The Bertz CT molecular complexity index is 53.8. The van der Waals surface area contributed by atoms with Crippen molar-refractivity contribution >= 4 is 0 Å². The number of hydrogen-bond acceptors (Lipinski definition) is 3. The van der Waals surface area contributed by atoms with Gasteiger partial charge in [0.15, 0.2) is 0 Å². The van der Waals surface area contributed by atoms with E-state index in [1.807, 2.05) is 0 Å². The molecule has 0 atom stereocenters. The molecule has 0 rings (SSSR count). The molecular weight excluding hydrogens is 322 g/mol. The van der Waals surface area contributed by atoms with E-state index >= 15 is 0 Å². The summed E-state index contributed by atoms with van der Waals surface area (Å²) in [5.74, 6) is 0. The van der Waals surface area contributed by atoms with Gasteiger partial charge >= 0.3 is 29.3 Å². The molecule has 0 aromatic rings. The standard InChI is InChI=1S/6FH.8H3N.3O.Ti/h6*1H;8*1H3;;;;/q;;;;;;;;;;;;;;;2*-1;/p+2. The first-order valence-corrected chi connectivity index (χ1v) is 2.52. The first-order valence-electron chi connectivity index (χ1n) is 0.612. The van der Waals surface area contributed by atoms with E-state index in [1.54, 1.807) is 0 Å². The zero-order valence-electron chi connectivity index (χ0n) is 12.0. The molecule has 32 N–H and O–H groups in total. The van der Waals surface area contributed by atoms with Crippen molar-refractivity contribution in [2.45, 2.75) is 0 Å². The third-order valence-corrected chi connectivity index (χ3v) is 0. The second-order valence-electron chi connectivity index (χ2n) is 0.250. The maximum absolute atomic E-state index is 8.58. The Morgan fingerprint density at radius 2 is 0.444 bits per heavy atom. The number of quaternary nitrogens is 8. The van der Waals surface area contributed by atoms with Crippen LogP contribution in [0.5, 0.6) is 0 Å². The van der Waals surface area contributed by atoms with Crippen LogP contribution in [0, 0.1) is 0 Å². The number of halogens is 6. The van der Waals surface area contributed by atoms with E-state index < -0.39 is 18.6 Å². The van der Waals surface area contributed by atoms with Gasteiger partial charge in [0.05, 0.1) is 0 Å². The Hall–Kier alpha value is -0.306. The topological polar surface area (TPSA) is 355 Å². The molecule has 0 aromatic heterocycles. The predicted octanol–water partition coefficient (Wildman–Crippen LogP) is -17.5. The van der Waals surface area contributed by atoms with Crippen LogP contribution >= 0.6 is 0 Å². The monoisotopic (exact) mass is 354 g/mol.